The Morgan fingerprint density at radius 2 is 1.95 bits per heavy atom. The smallest absolute Gasteiger partial charge is 0.241 e. The van der Waals surface area contributed by atoms with E-state index in [9.17, 15) is 4.79 Å². The van der Waals surface area contributed by atoms with Crippen LogP contribution in [0.5, 0.6) is 0 Å². The summed E-state index contributed by atoms with van der Waals surface area (Å²) in [5.41, 5.74) is 6.57. The topological polar surface area (TPSA) is 58.4 Å². The Labute approximate surface area is 131 Å². The van der Waals surface area contributed by atoms with E-state index in [1.165, 1.54) is 0 Å². The van der Waals surface area contributed by atoms with Crippen molar-refractivity contribution in [2.45, 2.75) is 18.9 Å². The number of carbonyl (C=O) groups is 1. The van der Waals surface area contributed by atoms with Gasteiger partial charge >= 0.3 is 0 Å². The standard InChI is InChI=1S/C16H25N3OS/c17-8-4-5-9-18-16(20)15(14-6-2-1-3-7-14)19-10-12-21-13-11-19/h1-3,6-7,15H,4-5,8-13,17H2,(H,18,20). The Hall–Kier alpha value is -1.04. The van der Waals surface area contributed by atoms with Crippen molar-refractivity contribution >= 4 is 17.7 Å². The largest absolute Gasteiger partial charge is 0.354 e. The molecule has 21 heavy (non-hydrogen) atoms. The molecule has 1 amide bonds. The highest BCUT2D eigenvalue weighted by atomic mass is 32.2. The number of nitrogens with one attached hydrogen (secondary N) is 1. The molecule has 1 aromatic rings. The number of benzene rings is 1. The SMILES string of the molecule is NCCCCNC(=O)C(c1ccccc1)N1CCSCC1. The van der Waals surface area contributed by atoms with Crippen molar-refractivity contribution in [1.82, 2.24) is 10.2 Å². The van der Waals surface area contributed by atoms with E-state index in [0.29, 0.717) is 13.1 Å². The molecule has 4 nitrogen and oxygen atoms in total. The van der Waals surface area contributed by atoms with Crippen LogP contribution < -0.4 is 11.1 Å². The fraction of sp³-hybridized carbons (Fsp3) is 0.562. The maximum Gasteiger partial charge on any atom is 0.241 e. The van der Waals surface area contributed by atoms with Crippen molar-refractivity contribution in [1.29, 1.82) is 0 Å². The first-order valence-corrected chi connectivity index (χ1v) is 8.83. The molecule has 1 fully saturated rings. The van der Waals surface area contributed by atoms with E-state index >= 15 is 0 Å². The molecule has 0 saturated carbocycles. The minimum Gasteiger partial charge on any atom is -0.354 e. The normalized spacial score (nSPS) is 17.4. The number of amides is 1. The van der Waals surface area contributed by atoms with Crippen molar-refractivity contribution < 1.29 is 4.79 Å². The molecule has 1 aliphatic heterocycles. The second kappa shape index (κ2) is 9.07. The minimum atomic E-state index is -0.162. The fourth-order valence-corrected chi connectivity index (χ4v) is 3.51. The molecule has 0 bridgehead atoms. The molecule has 0 aromatic heterocycles. The number of thioether (sulfide) groups is 1. The van der Waals surface area contributed by atoms with Gasteiger partial charge in [0.05, 0.1) is 0 Å². The fourth-order valence-electron chi connectivity index (χ4n) is 2.58. The van der Waals surface area contributed by atoms with Gasteiger partial charge in [-0.25, -0.2) is 0 Å². The molecule has 3 N–H and O–H groups in total. The predicted octanol–water partition coefficient (Wildman–Crippen LogP) is 1.63. The molecule has 1 saturated heterocycles. The summed E-state index contributed by atoms with van der Waals surface area (Å²) in [7, 11) is 0. The third kappa shape index (κ3) is 5.02. The number of unbranched alkanes of at least 4 members (excludes halogenated alkanes) is 1. The van der Waals surface area contributed by atoms with E-state index < -0.39 is 0 Å². The number of carbonyl (C=O) groups excluding carboxylic acids is 1. The molecule has 116 valence electrons. The molecule has 0 spiro atoms. The summed E-state index contributed by atoms with van der Waals surface area (Å²) >= 11 is 1.96. The van der Waals surface area contributed by atoms with E-state index in [1.54, 1.807) is 0 Å². The molecular formula is C16H25N3OS. The average Bonchev–Trinajstić information content (AvgIpc) is 2.54. The van der Waals surface area contributed by atoms with Crippen LogP contribution in [0.25, 0.3) is 0 Å². The first-order valence-electron chi connectivity index (χ1n) is 7.67. The van der Waals surface area contributed by atoms with Gasteiger partial charge in [-0.1, -0.05) is 30.3 Å². The lowest BCUT2D eigenvalue weighted by Crippen LogP contribution is -2.44. The Balaban J connectivity index is 2.02. The van der Waals surface area contributed by atoms with Crippen LogP contribution in [0.3, 0.4) is 0 Å². The average molecular weight is 307 g/mol. The Morgan fingerprint density at radius 1 is 1.24 bits per heavy atom. The van der Waals surface area contributed by atoms with E-state index in [4.69, 9.17) is 5.73 Å². The molecule has 1 aliphatic rings. The summed E-state index contributed by atoms with van der Waals surface area (Å²) in [5, 5.41) is 3.07. The van der Waals surface area contributed by atoms with Crippen molar-refractivity contribution in [3.63, 3.8) is 0 Å². The Bertz CT molecular complexity index is 421. The summed E-state index contributed by atoms with van der Waals surface area (Å²) in [6.07, 6.45) is 1.90. The van der Waals surface area contributed by atoms with Gasteiger partial charge in [0.15, 0.2) is 0 Å². The van der Waals surface area contributed by atoms with E-state index in [0.717, 1.165) is 43.0 Å². The minimum absolute atomic E-state index is 0.116. The van der Waals surface area contributed by atoms with Gasteiger partial charge in [0, 0.05) is 31.1 Å². The van der Waals surface area contributed by atoms with Crippen LogP contribution in [-0.2, 0) is 4.79 Å². The first kappa shape index (κ1) is 16.3. The highest BCUT2D eigenvalue weighted by Gasteiger charge is 2.28. The third-order valence-electron chi connectivity index (χ3n) is 3.70. The van der Waals surface area contributed by atoms with Gasteiger partial charge in [-0.05, 0) is 24.9 Å². The maximum atomic E-state index is 12.6. The third-order valence-corrected chi connectivity index (χ3v) is 4.65. The van der Waals surface area contributed by atoms with Gasteiger partial charge in [-0.3, -0.25) is 9.69 Å². The van der Waals surface area contributed by atoms with Crippen LogP contribution in [0.1, 0.15) is 24.4 Å². The molecule has 2 rings (SSSR count). The summed E-state index contributed by atoms with van der Waals surface area (Å²) in [6.45, 7) is 3.34. The van der Waals surface area contributed by atoms with Gasteiger partial charge in [0.2, 0.25) is 5.91 Å². The molecule has 1 heterocycles. The lowest BCUT2D eigenvalue weighted by molar-refractivity contribution is -0.126. The van der Waals surface area contributed by atoms with Gasteiger partial charge in [-0.15, -0.1) is 0 Å². The monoisotopic (exact) mass is 307 g/mol. The Kier molecular flexibility index (Phi) is 7.06. The zero-order chi connectivity index (χ0) is 14.9. The summed E-state index contributed by atoms with van der Waals surface area (Å²) in [5.74, 6) is 2.32. The van der Waals surface area contributed by atoms with E-state index in [-0.39, 0.29) is 11.9 Å². The molecule has 1 aromatic carbocycles. The summed E-state index contributed by atoms with van der Waals surface area (Å²) in [6, 6.07) is 9.93. The van der Waals surface area contributed by atoms with Crippen molar-refractivity contribution in [2.75, 3.05) is 37.7 Å². The maximum absolute atomic E-state index is 12.6. The lowest BCUT2D eigenvalue weighted by Gasteiger charge is -2.33. The van der Waals surface area contributed by atoms with Gasteiger partial charge < -0.3 is 11.1 Å². The van der Waals surface area contributed by atoms with Crippen molar-refractivity contribution in [2.24, 2.45) is 5.73 Å². The molecular weight excluding hydrogens is 282 g/mol. The molecule has 0 aliphatic carbocycles. The lowest BCUT2D eigenvalue weighted by atomic mass is 10.0. The molecule has 1 unspecified atom stereocenters. The van der Waals surface area contributed by atoms with Crippen LogP contribution in [0, 0.1) is 0 Å². The van der Waals surface area contributed by atoms with Crippen LogP contribution in [0.15, 0.2) is 30.3 Å². The van der Waals surface area contributed by atoms with Gasteiger partial charge in [0.25, 0.3) is 0 Å². The number of hydrogen-bond acceptors (Lipinski definition) is 4. The zero-order valence-corrected chi connectivity index (χ0v) is 13.3. The van der Waals surface area contributed by atoms with Gasteiger partial charge in [-0.2, -0.15) is 11.8 Å². The van der Waals surface area contributed by atoms with Crippen LogP contribution in [-0.4, -0.2) is 48.5 Å². The first-order chi connectivity index (χ1) is 10.3. The quantitative estimate of drug-likeness (QED) is 0.752. The number of rotatable bonds is 7. The molecule has 0 radical (unpaired) electrons. The predicted molar refractivity (Wildman–Crippen MR) is 89.4 cm³/mol. The van der Waals surface area contributed by atoms with E-state index in [1.807, 2.05) is 42.1 Å². The number of hydrogen-bond donors (Lipinski definition) is 2. The molecule has 5 heteroatoms. The summed E-state index contributed by atoms with van der Waals surface area (Å²) < 4.78 is 0. The van der Waals surface area contributed by atoms with Crippen LogP contribution in [0.2, 0.25) is 0 Å². The van der Waals surface area contributed by atoms with Crippen molar-refractivity contribution in [3.8, 4) is 0 Å². The second-order valence-electron chi connectivity index (χ2n) is 5.25. The highest BCUT2D eigenvalue weighted by molar-refractivity contribution is 7.99. The number of nitrogens with zero attached hydrogens (tertiary/aromatic N) is 1. The van der Waals surface area contributed by atoms with Crippen LogP contribution in [0.4, 0.5) is 0 Å². The summed E-state index contributed by atoms with van der Waals surface area (Å²) in [4.78, 5) is 14.9. The van der Waals surface area contributed by atoms with Crippen LogP contribution >= 0.6 is 11.8 Å². The van der Waals surface area contributed by atoms with Crippen molar-refractivity contribution in [3.05, 3.63) is 35.9 Å². The zero-order valence-electron chi connectivity index (χ0n) is 12.5. The Morgan fingerprint density at radius 3 is 2.62 bits per heavy atom. The highest BCUT2D eigenvalue weighted by Crippen LogP contribution is 2.24. The van der Waals surface area contributed by atoms with E-state index in [2.05, 4.69) is 10.2 Å². The van der Waals surface area contributed by atoms with Gasteiger partial charge in [0.1, 0.15) is 6.04 Å². The second-order valence-corrected chi connectivity index (χ2v) is 6.47. The number of nitrogens with two attached hydrogens (primary N) is 1. The molecule has 1 atom stereocenters.